The lowest BCUT2D eigenvalue weighted by Crippen LogP contribution is -2.59. The molecule has 5 aliphatic rings. The average Bonchev–Trinajstić information content (AvgIpc) is 3.22. The van der Waals surface area contributed by atoms with Crippen LogP contribution in [0.2, 0.25) is 0 Å². The lowest BCUT2D eigenvalue weighted by molar-refractivity contribution is -0.149. The van der Waals surface area contributed by atoms with Crippen LogP contribution in [-0.2, 0) is 9.59 Å². The molecule has 0 unspecified atom stereocenters. The Labute approximate surface area is 187 Å². The van der Waals surface area contributed by atoms with E-state index in [1.54, 1.807) is 18.2 Å². The number of hydrazine groups is 1. The zero-order chi connectivity index (χ0) is 22.5. The molecule has 32 heavy (non-hydrogen) atoms. The summed E-state index contributed by atoms with van der Waals surface area (Å²) in [6, 6.07) is 4.11. The molecule has 1 aromatic carbocycles. The Hall–Kier alpha value is -2.77. The summed E-state index contributed by atoms with van der Waals surface area (Å²) < 4.78 is 10.5. The highest BCUT2D eigenvalue weighted by atomic mass is 16.7. The number of ether oxygens (including phenoxy) is 2. The second-order valence-corrected chi connectivity index (χ2v) is 10.4. The van der Waals surface area contributed by atoms with Gasteiger partial charge in [0, 0.05) is 11.0 Å². The molecular formula is C24H31N3O5. The minimum atomic E-state index is -0.715. The number of hydrogen-bond donors (Lipinski definition) is 3. The van der Waals surface area contributed by atoms with Gasteiger partial charge in [0.1, 0.15) is 6.04 Å². The van der Waals surface area contributed by atoms with Crippen LogP contribution in [-0.4, -0.2) is 30.6 Å². The van der Waals surface area contributed by atoms with Crippen LogP contribution in [0.4, 0.5) is 0 Å². The summed E-state index contributed by atoms with van der Waals surface area (Å²) in [5.41, 5.74) is 4.95. The molecule has 1 aliphatic heterocycles. The summed E-state index contributed by atoms with van der Waals surface area (Å²) in [5, 5.41) is 3.03. The monoisotopic (exact) mass is 441 g/mol. The van der Waals surface area contributed by atoms with Gasteiger partial charge in [-0.3, -0.25) is 25.2 Å². The molecule has 1 atom stereocenters. The van der Waals surface area contributed by atoms with Crippen molar-refractivity contribution in [1.29, 1.82) is 0 Å². The molecule has 0 aromatic heterocycles. The van der Waals surface area contributed by atoms with Crippen molar-refractivity contribution < 1.29 is 23.9 Å². The van der Waals surface area contributed by atoms with Gasteiger partial charge in [-0.15, -0.1) is 0 Å². The second kappa shape index (κ2) is 7.98. The summed E-state index contributed by atoms with van der Waals surface area (Å²) >= 11 is 0. The third-order valence-electron chi connectivity index (χ3n) is 7.69. The van der Waals surface area contributed by atoms with E-state index in [9.17, 15) is 14.4 Å². The van der Waals surface area contributed by atoms with Gasteiger partial charge in [-0.05, 0) is 80.4 Å². The van der Waals surface area contributed by atoms with Crippen molar-refractivity contribution in [1.82, 2.24) is 16.2 Å². The van der Waals surface area contributed by atoms with Gasteiger partial charge in [0.05, 0.1) is 0 Å². The van der Waals surface area contributed by atoms with Crippen LogP contribution in [0.3, 0.4) is 0 Å². The maximum absolute atomic E-state index is 13.4. The van der Waals surface area contributed by atoms with Crippen LogP contribution in [0, 0.1) is 29.1 Å². The van der Waals surface area contributed by atoms with Crippen molar-refractivity contribution in [2.24, 2.45) is 29.1 Å². The van der Waals surface area contributed by atoms with Crippen LogP contribution < -0.4 is 25.6 Å². The highest BCUT2D eigenvalue weighted by molar-refractivity contribution is 5.97. The highest BCUT2D eigenvalue weighted by Gasteiger charge is 2.55. The van der Waals surface area contributed by atoms with Crippen molar-refractivity contribution in [2.45, 2.75) is 58.4 Å². The molecule has 6 rings (SSSR count). The third-order valence-corrected chi connectivity index (χ3v) is 7.69. The fraction of sp³-hybridized carbons (Fsp3) is 0.625. The number of carbonyl (C=O) groups is 3. The van der Waals surface area contributed by atoms with Crippen molar-refractivity contribution in [3.8, 4) is 11.5 Å². The van der Waals surface area contributed by atoms with E-state index in [1.807, 2.05) is 13.8 Å². The van der Waals surface area contributed by atoms with Gasteiger partial charge in [0.15, 0.2) is 11.5 Å². The third kappa shape index (κ3) is 3.80. The normalized spacial score (nSPS) is 30.2. The molecule has 0 spiro atoms. The Morgan fingerprint density at radius 3 is 2.19 bits per heavy atom. The molecule has 1 aromatic rings. The Kier molecular flexibility index (Phi) is 5.26. The molecule has 1 heterocycles. The van der Waals surface area contributed by atoms with E-state index in [1.165, 1.54) is 19.3 Å². The first kappa shape index (κ1) is 21.1. The molecule has 8 heteroatoms. The number of nitrogens with one attached hydrogen (secondary N) is 3. The summed E-state index contributed by atoms with van der Waals surface area (Å²) in [4.78, 5) is 38.7. The first-order valence-electron chi connectivity index (χ1n) is 11.6. The number of benzene rings is 1. The number of amides is 3. The van der Waals surface area contributed by atoms with Crippen molar-refractivity contribution in [3.05, 3.63) is 23.8 Å². The van der Waals surface area contributed by atoms with Gasteiger partial charge in [-0.2, -0.15) is 0 Å². The van der Waals surface area contributed by atoms with Crippen LogP contribution in [0.25, 0.3) is 0 Å². The second-order valence-electron chi connectivity index (χ2n) is 10.4. The van der Waals surface area contributed by atoms with Crippen LogP contribution in [0.1, 0.15) is 62.7 Å². The van der Waals surface area contributed by atoms with Crippen LogP contribution in [0.5, 0.6) is 11.5 Å². The van der Waals surface area contributed by atoms with E-state index in [-0.39, 0.29) is 24.0 Å². The van der Waals surface area contributed by atoms with Gasteiger partial charge in [-0.25, -0.2) is 0 Å². The van der Waals surface area contributed by atoms with Crippen LogP contribution in [0.15, 0.2) is 18.2 Å². The summed E-state index contributed by atoms with van der Waals surface area (Å²) in [7, 11) is 0. The zero-order valence-electron chi connectivity index (χ0n) is 18.6. The summed E-state index contributed by atoms with van der Waals surface area (Å²) in [5.74, 6) is 2.03. The van der Waals surface area contributed by atoms with Crippen molar-refractivity contribution in [3.63, 3.8) is 0 Å². The maximum atomic E-state index is 13.4. The highest BCUT2D eigenvalue weighted by Crippen LogP contribution is 2.60. The molecule has 4 aliphatic carbocycles. The Morgan fingerprint density at radius 1 is 0.938 bits per heavy atom. The predicted octanol–water partition coefficient (Wildman–Crippen LogP) is 2.53. The largest absolute Gasteiger partial charge is 0.454 e. The van der Waals surface area contributed by atoms with Gasteiger partial charge in [0.25, 0.3) is 11.8 Å². The van der Waals surface area contributed by atoms with Gasteiger partial charge >= 0.3 is 0 Å². The fourth-order valence-electron chi connectivity index (χ4n) is 6.52. The van der Waals surface area contributed by atoms with Gasteiger partial charge in [0.2, 0.25) is 12.7 Å². The van der Waals surface area contributed by atoms with E-state index < -0.39 is 17.9 Å². The Morgan fingerprint density at radius 2 is 1.56 bits per heavy atom. The molecule has 172 valence electrons. The van der Waals surface area contributed by atoms with E-state index in [0.717, 1.165) is 19.3 Å². The molecule has 3 amide bonds. The first-order valence-corrected chi connectivity index (χ1v) is 11.6. The molecule has 4 bridgehead atoms. The number of carbonyl (C=O) groups excluding carboxylic acids is 3. The lowest BCUT2D eigenvalue weighted by Gasteiger charge is -2.55. The molecule has 8 nitrogen and oxygen atoms in total. The lowest BCUT2D eigenvalue weighted by atomic mass is 9.49. The fourth-order valence-corrected chi connectivity index (χ4v) is 6.52. The van der Waals surface area contributed by atoms with Gasteiger partial charge < -0.3 is 14.8 Å². The van der Waals surface area contributed by atoms with E-state index >= 15 is 0 Å². The number of fused-ring (bicyclic) bond motifs is 1. The predicted molar refractivity (Wildman–Crippen MR) is 116 cm³/mol. The standard InChI is InChI=1S/C24H31N3O5/c1-13(2)20(25-23(30)24-9-14-5-15(10-24)7-16(6-14)11-24)22(29)27-26-21(28)17-3-4-18-19(8-17)32-12-31-18/h3-4,8,13-16,20H,5-7,9-12H2,1-2H3,(H,25,30)(H,26,28)(H,27,29)/t14?,15?,16?,20-,24?/m1/s1. The molecule has 0 radical (unpaired) electrons. The molecule has 3 N–H and O–H groups in total. The number of rotatable bonds is 5. The topological polar surface area (TPSA) is 106 Å². The first-order chi connectivity index (χ1) is 15.3. The van der Waals surface area contributed by atoms with Crippen molar-refractivity contribution >= 4 is 17.7 Å². The summed E-state index contributed by atoms with van der Waals surface area (Å²) in [6.07, 6.45) is 6.60. The van der Waals surface area contributed by atoms with E-state index in [4.69, 9.17) is 9.47 Å². The summed E-state index contributed by atoms with van der Waals surface area (Å²) in [6.45, 7) is 3.91. The quantitative estimate of drug-likeness (QED) is 0.609. The molecule has 4 saturated carbocycles. The van der Waals surface area contributed by atoms with Gasteiger partial charge in [-0.1, -0.05) is 13.8 Å². The van der Waals surface area contributed by atoms with E-state index in [0.29, 0.717) is 34.8 Å². The Bertz CT molecular complexity index is 908. The SMILES string of the molecule is CC(C)[C@@H](NC(=O)C12CC3CC(CC(C3)C1)C2)C(=O)NNC(=O)c1ccc2c(c1)OCO2. The smallest absolute Gasteiger partial charge is 0.269 e. The Balaban J connectivity index is 1.21. The minimum Gasteiger partial charge on any atom is -0.454 e. The minimum absolute atomic E-state index is 0.00699. The average molecular weight is 442 g/mol. The molecule has 0 saturated heterocycles. The zero-order valence-corrected chi connectivity index (χ0v) is 18.6. The van der Waals surface area contributed by atoms with Crippen molar-refractivity contribution in [2.75, 3.05) is 6.79 Å². The maximum Gasteiger partial charge on any atom is 0.269 e. The van der Waals surface area contributed by atoms with E-state index in [2.05, 4.69) is 16.2 Å². The number of hydrogen-bond acceptors (Lipinski definition) is 5. The van der Waals surface area contributed by atoms with Crippen LogP contribution >= 0.6 is 0 Å². The molecular weight excluding hydrogens is 410 g/mol. The molecule has 4 fully saturated rings.